The SMILES string of the molecule is CC[C@H](NC(=O)OCC1c2ccccc2-c2ccccc21)C(=O)Nc1cc(F)c(C(=O)O)c(F)c1. The Labute approximate surface area is 199 Å². The van der Waals surface area contributed by atoms with E-state index in [4.69, 9.17) is 9.84 Å². The average molecular weight is 480 g/mol. The van der Waals surface area contributed by atoms with Crippen LogP contribution in [0.1, 0.15) is 40.7 Å². The number of hydrogen-bond donors (Lipinski definition) is 3. The van der Waals surface area contributed by atoms with Crippen LogP contribution >= 0.6 is 0 Å². The molecule has 0 radical (unpaired) electrons. The minimum atomic E-state index is -1.76. The van der Waals surface area contributed by atoms with Crippen LogP contribution < -0.4 is 10.6 Å². The van der Waals surface area contributed by atoms with Crippen LogP contribution in [0.15, 0.2) is 60.7 Å². The fourth-order valence-electron chi connectivity index (χ4n) is 4.21. The summed E-state index contributed by atoms with van der Waals surface area (Å²) in [4.78, 5) is 36.0. The number of halogens is 2. The Morgan fingerprint density at radius 2 is 1.51 bits per heavy atom. The van der Waals surface area contributed by atoms with E-state index in [1.54, 1.807) is 6.92 Å². The van der Waals surface area contributed by atoms with E-state index >= 15 is 0 Å². The molecule has 180 valence electrons. The molecule has 3 N–H and O–H groups in total. The van der Waals surface area contributed by atoms with Crippen molar-refractivity contribution in [3.8, 4) is 11.1 Å². The smallest absolute Gasteiger partial charge is 0.407 e. The third-order valence-electron chi connectivity index (χ3n) is 5.88. The zero-order chi connectivity index (χ0) is 25.1. The second-order valence-electron chi connectivity index (χ2n) is 8.04. The van der Waals surface area contributed by atoms with Gasteiger partial charge in [0.05, 0.1) is 0 Å². The molecule has 0 fully saturated rings. The van der Waals surface area contributed by atoms with Crippen LogP contribution in [0.2, 0.25) is 0 Å². The Kier molecular flexibility index (Phi) is 6.77. The van der Waals surface area contributed by atoms with Crippen LogP contribution in [-0.2, 0) is 9.53 Å². The van der Waals surface area contributed by atoms with E-state index in [0.717, 1.165) is 22.3 Å². The number of nitrogens with one attached hydrogen (secondary N) is 2. The van der Waals surface area contributed by atoms with E-state index < -0.39 is 41.2 Å². The first-order valence-electron chi connectivity index (χ1n) is 10.9. The number of hydrogen-bond acceptors (Lipinski definition) is 4. The summed E-state index contributed by atoms with van der Waals surface area (Å²) in [5, 5.41) is 13.6. The molecule has 0 saturated heterocycles. The molecule has 3 aromatic carbocycles. The lowest BCUT2D eigenvalue weighted by Crippen LogP contribution is -2.43. The van der Waals surface area contributed by atoms with Crippen LogP contribution in [-0.4, -0.2) is 35.7 Å². The first-order chi connectivity index (χ1) is 16.8. The van der Waals surface area contributed by atoms with E-state index in [0.29, 0.717) is 12.1 Å². The van der Waals surface area contributed by atoms with E-state index in [1.807, 2.05) is 48.5 Å². The Balaban J connectivity index is 1.40. The lowest BCUT2D eigenvalue weighted by atomic mass is 9.98. The van der Waals surface area contributed by atoms with E-state index in [-0.39, 0.29) is 24.6 Å². The lowest BCUT2D eigenvalue weighted by molar-refractivity contribution is -0.118. The lowest BCUT2D eigenvalue weighted by Gasteiger charge is -2.19. The molecule has 0 spiro atoms. The van der Waals surface area contributed by atoms with Crippen molar-refractivity contribution in [2.24, 2.45) is 0 Å². The van der Waals surface area contributed by atoms with Crippen LogP contribution in [0.5, 0.6) is 0 Å². The van der Waals surface area contributed by atoms with Gasteiger partial charge in [0.1, 0.15) is 29.8 Å². The van der Waals surface area contributed by atoms with Crippen molar-refractivity contribution in [3.05, 3.63) is 89.0 Å². The molecule has 0 saturated carbocycles. The molecule has 1 aliphatic rings. The number of fused-ring (bicyclic) bond motifs is 3. The van der Waals surface area contributed by atoms with Crippen molar-refractivity contribution in [1.82, 2.24) is 5.32 Å². The number of rotatable bonds is 7. The zero-order valence-electron chi connectivity index (χ0n) is 18.7. The van der Waals surface area contributed by atoms with Crippen molar-refractivity contribution >= 4 is 23.7 Å². The molecular weight excluding hydrogens is 458 g/mol. The van der Waals surface area contributed by atoms with Crippen LogP contribution in [0, 0.1) is 11.6 Å². The molecular formula is C26H22F2N2O5. The van der Waals surface area contributed by atoms with Crippen molar-refractivity contribution in [2.75, 3.05) is 11.9 Å². The van der Waals surface area contributed by atoms with E-state index in [2.05, 4.69) is 10.6 Å². The molecule has 0 heterocycles. The number of carbonyl (C=O) groups is 3. The van der Waals surface area contributed by atoms with Gasteiger partial charge in [0.25, 0.3) is 0 Å². The molecule has 1 aliphatic carbocycles. The second-order valence-corrected chi connectivity index (χ2v) is 8.04. The largest absolute Gasteiger partial charge is 0.477 e. The number of alkyl carbamates (subject to hydrolysis) is 1. The monoisotopic (exact) mass is 480 g/mol. The van der Waals surface area contributed by atoms with Crippen LogP contribution in [0.4, 0.5) is 19.3 Å². The van der Waals surface area contributed by atoms with Gasteiger partial charge in [0.15, 0.2) is 0 Å². The molecule has 0 aromatic heterocycles. The molecule has 7 nitrogen and oxygen atoms in total. The van der Waals surface area contributed by atoms with E-state index in [9.17, 15) is 23.2 Å². The Morgan fingerprint density at radius 1 is 0.971 bits per heavy atom. The molecule has 0 bridgehead atoms. The van der Waals surface area contributed by atoms with Crippen LogP contribution in [0.3, 0.4) is 0 Å². The third-order valence-corrected chi connectivity index (χ3v) is 5.88. The first kappa shape index (κ1) is 23.9. The number of carbonyl (C=O) groups excluding carboxylic acids is 2. The molecule has 1 atom stereocenters. The van der Waals surface area contributed by atoms with Gasteiger partial charge < -0.3 is 20.5 Å². The Morgan fingerprint density at radius 3 is 2.03 bits per heavy atom. The highest BCUT2D eigenvalue weighted by Gasteiger charge is 2.29. The van der Waals surface area contributed by atoms with Gasteiger partial charge in [-0.2, -0.15) is 0 Å². The highest BCUT2D eigenvalue weighted by molar-refractivity contribution is 5.97. The number of aromatic carboxylic acids is 1. The zero-order valence-corrected chi connectivity index (χ0v) is 18.7. The molecule has 3 aromatic rings. The summed E-state index contributed by atoms with van der Waals surface area (Å²) in [7, 11) is 0. The number of anilines is 1. The summed E-state index contributed by atoms with van der Waals surface area (Å²) >= 11 is 0. The summed E-state index contributed by atoms with van der Waals surface area (Å²) in [5.41, 5.74) is 2.85. The van der Waals surface area contributed by atoms with E-state index in [1.165, 1.54) is 0 Å². The van der Waals surface area contributed by atoms with Crippen molar-refractivity contribution < 1.29 is 33.0 Å². The Hall–Kier alpha value is -4.27. The maximum absolute atomic E-state index is 13.9. The Bertz CT molecular complexity index is 1240. The highest BCUT2D eigenvalue weighted by atomic mass is 19.1. The van der Waals surface area contributed by atoms with Crippen molar-refractivity contribution in [1.29, 1.82) is 0 Å². The summed E-state index contributed by atoms with van der Waals surface area (Å²) < 4.78 is 33.2. The maximum atomic E-state index is 13.9. The molecule has 9 heteroatoms. The maximum Gasteiger partial charge on any atom is 0.407 e. The normalized spacial score (nSPS) is 12.9. The van der Waals surface area contributed by atoms with Gasteiger partial charge >= 0.3 is 12.1 Å². The summed E-state index contributed by atoms with van der Waals surface area (Å²) in [5.74, 6) is -5.31. The number of amides is 2. The van der Waals surface area contributed by atoms with Gasteiger partial charge in [-0.25, -0.2) is 18.4 Å². The third kappa shape index (κ3) is 4.84. The van der Waals surface area contributed by atoms with Crippen molar-refractivity contribution in [2.45, 2.75) is 25.3 Å². The van der Waals surface area contributed by atoms with Gasteiger partial charge in [-0.1, -0.05) is 55.5 Å². The standard InChI is InChI=1S/C26H22F2N2O5/c1-2-22(24(31)29-14-11-20(27)23(25(32)33)21(28)12-14)30-26(34)35-13-19-17-9-5-3-7-15(17)16-8-4-6-10-18(16)19/h3-12,19,22H,2,13H2,1H3,(H,29,31)(H,30,34)(H,32,33)/t22-/m0/s1. The summed E-state index contributed by atoms with van der Waals surface area (Å²) in [6.45, 7) is 1.70. The minimum absolute atomic E-state index is 0.0605. The number of carboxylic acid groups (broad SMARTS) is 1. The predicted molar refractivity (Wildman–Crippen MR) is 124 cm³/mol. The second kappa shape index (κ2) is 9.92. The van der Waals surface area contributed by atoms with Gasteiger partial charge in [-0.05, 0) is 40.8 Å². The highest BCUT2D eigenvalue weighted by Crippen LogP contribution is 2.44. The quantitative estimate of drug-likeness (QED) is 0.445. The van der Waals surface area contributed by atoms with Crippen molar-refractivity contribution in [3.63, 3.8) is 0 Å². The molecule has 4 rings (SSSR count). The minimum Gasteiger partial charge on any atom is -0.477 e. The van der Waals surface area contributed by atoms with Gasteiger partial charge in [0.2, 0.25) is 5.91 Å². The average Bonchev–Trinajstić information content (AvgIpc) is 3.14. The van der Waals surface area contributed by atoms with Gasteiger partial charge in [-0.3, -0.25) is 4.79 Å². The van der Waals surface area contributed by atoms with Crippen LogP contribution in [0.25, 0.3) is 11.1 Å². The number of ether oxygens (including phenoxy) is 1. The first-order valence-corrected chi connectivity index (χ1v) is 10.9. The molecule has 0 aliphatic heterocycles. The predicted octanol–water partition coefficient (Wildman–Crippen LogP) is 4.92. The summed E-state index contributed by atoms with van der Waals surface area (Å²) in [6.07, 6.45) is -0.638. The number of carboxylic acids is 1. The fraction of sp³-hybridized carbons (Fsp3) is 0.192. The van der Waals surface area contributed by atoms with Gasteiger partial charge in [-0.15, -0.1) is 0 Å². The fourth-order valence-corrected chi connectivity index (χ4v) is 4.21. The van der Waals surface area contributed by atoms with Gasteiger partial charge in [0, 0.05) is 11.6 Å². The number of benzene rings is 3. The molecule has 2 amide bonds. The molecule has 0 unspecified atom stereocenters. The topological polar surface area (TPSA) is 105 Å². The summed E-state index contributed by atoms with van der Waals surface area (Å²) in [6, 6.07) is 16.1. The molecule has 35 heavy (non-hydrogen) atoms.